The predicted molar refractivity (Wildman–Crippen MR) is 91.8 cm³/mol. The lowest BCUT2D eigenvalue weighted by atomic mass is 9.87. The number of aromatic amines is 1. The molecule has 27 heavy (non-hydrogen) atoms. The molecule has 0 aliphatic rings. The summed E-state index contributed by atoms with van der Waals surface area (Å²) in [6.45, 7) is 0. The number of rotatable bonds is 5. The molecule has 3 aromatic rings. The van der Waals surface area contributed by atoms with E-state index in [1.165, 1.54) is 18.2 Å². The maximum absolute atomic E-state index is 13.9. The van der Waals surface area contributed by atoms with Crippen molar-refractivity contribution in [3.8, 4) is 6.07 Å². The quantitative estimate of drug-likeness (QED) is 0.429. The fraction of sp³-hybridized carbons (Fsp3) is 0.211. The maximum Gasteiger partial charge on any atom is 0.416 e. The highest BCUT2D eigenvalue weighted by molar-refractivity contribution is 5.92. The molecule has 0 amide bonds. The summed E-state index contributed by atoms with van der Waals surface area (Å²) >= 11 is 0. The van der Waals surface area contributed by atoms with Crippen molar-refractivity contribution in [3.63, 3.8) is 0 Å². The molecule has 2 aromatic carbocycles. The van der Waals surface area contributed by atoms with E-state index < -0.39 is 23.5 Å². The molecule has 0 radical (unpaired) electrons. The van der Waals surface area contributed by atoms with Crippen molar-refractivity contribution in [2.45, 2.75) is 24.9 Å². The second-order valence-electron chi connectivity index (χ2n) is 6.05. The van der Waals surface area contributed by atoms with Crippen LogP contribution in [-0.4, -0.2) is 4.98 Å². The molecule has 3 rings (SSSR count). The Morgan fingerprint density at radius 1 is 1.19 bits per heavy atom. The number of nitriles is 1. The minimum absolute atomic E-state index is 0.0947. The van der Waals surface area contributed by atoms with Gasteiger partial charge in [0.1, 0.15) is 11.5 Å². The molecule has 0 aliphatic carbocycles. The van der Waals surface area contributed by atoms with Crippen molar-refractivity contribution in [2.24, 2.45) is 5.18 Å². The van der Waals surface area contributed by atoms with Crippen molar-refractivity contribution in [1.29, 1.82) is 5.26 Å². The SMILES string of the molecule is N#CCCC(c1ccc(C(F)(F)F)cc1)c1c[nH]c2c(N=O)cc(F)cc12. The topological polar surface area (TPSA) is 69.0 Å². The number of halogens is 4. The van der Waals surface area contributed by atoms with E-state index in [2.05, 4.69) is 10.2 Å². The van der Waals surface area contributed by atoms with Gasteiger partial charge in [0.15, 0.2) is 0 Å². The van der Waals surface area contributed by atoms with Crippen LogP contribution >= 0.6 is 0 Å². The van der Waals surface area contributed by atoms with Crippen LogP contribution in [0.25, 0.3) is 10.9 Å². The minimum atomic E-state index is -4.45. The Morgan fingerprint density at radius 3 is 2.48 bits per heavy atom. The van der Waals surface area contributed by atoms with Gasteiger partial charge < -0.3 is 4.98 Å². The van der Waals surface area contributed by atoms with Crippen LogP contribution in [0, 0.1) is 22.1 Å². The lowest BCUT2D eigenvalue weighted by molar-refractivity contribution is -0.137. The van der Waals surface area contributed by atoms with Crippen molar-refractivity contribution in [2.75, 3.05) is 0 Å². The van der Waals surface area contributed by atoms with Crippen LogP contribution in [0.3, 0.4) is 0 Å². The zero-order valence-corrected chi connectivity index (χ0v) is 13.8. The average molecular weight is 375 g/mol. The first-order chi connectivity index (χ1) is 12.8. The first-order valence-electron chi connectivity index (χ1n) is 8.03. The number of hydrogen-bond donors (Lipinski definition) is 1. The van der Waals surface area contributed by atoms with E-state index in [0.29, 0.717) is 28.5 Å². The van der Waals surface area contributed by atoms with E-state index in [1.807, 2.05) is 6.07 Å². The van der Waals surface area contributed by atoms with Gasteiger partial charge >= 0.3 is 6.18 Å². The first kappa shape index (κ1) is 18.6. The fourth-order valence-electron chi connectivity index (χ4n) is 3.17. The van der Waals surface area contributed by atoms with Crippen molar-refractivity contribution >= 4 is 16.6 Å². The van der Waals surface area contributed by atoms with Crippen molar-refractivity contribution in [1.82, 2.24) is 4.98 Å². The fourth-order valence-corrected chi connectivity index (χ4v) is 3.17. The highest BCUT2D eigenvalue weighted by Gasteiger charge is 2.30. The maximum atomic E-state index is 13.9. The van der Waals surface area contributed by atoms with E-state index in [0.717, 1.165) is 18.2 Å². The highest BCUT2D eigenvalue weighted by atomic mass is 19.4. The normalized spacial score (nSPS) is 12.7. The summed E-state index contributed by atoms with van der Waals surface area (Å²) in [5.41, 5.74) is 0.620. The van der Waals surface area contributed by atoms with Crippen LogP contribution < -0.4 is 0 Å². The van der Waals surface area contributed by atoms with Gasteiger partial charge in [-0.3, -0.25) is 0 Å². The molecule has 8 heteroatoms. The van der Waals surface area contributed by atoms with Crippen LogP contribution in [0.1, 0.15) is 35.4 Å². The number of H-pyrrole nitrogens is 1. The Labute approximate surface area is 151 Å². The number of fused-ring (bicyclic) bond motifs is 1. The number of nitrogens with zero attached hydrogens (tertiary/aromatic N) is 2. The molecule has 1 aromatic heterocycles. The van der Waals surface area contributed by atoms with Gasteiger partial charge in [-0.25, -0.2) is 4.39 Å². The van der Waals surface area contributed by atoms with E-state index in [1.54, 1.807) is 6.20 Å². The van der Waals surface area contributed by atoms with Crippen LogP contribution in [0.5, 0.6) is 0 Å². The Bertz CT molecular complexity index is 1020. The lowest BCUT2D eigenvalue weighted by Crippen LogP contribution is -2.06. The zero-order valence-electron chi connectivity index (χ0n) is 13.8. The second kappa shape index (κ2) is 7.19. The monoisotopic (exact) mass is 375 g/mol. The number of aromatic nitrogens is 1. The molecule has 1 unspecified atom stereocenters. The van der Waals surface area contributed by atoms with Gasteiger partial charge in [0.25, 0.3) is 0 Å². The van der Waals surface area contributed by atoms with Gasteiger partial charge in [-0.15, -0.1) is 4.91 Å². The third-order valence-electron chi connectivity index (χ3n) is 4.42. The first-order valence-corrected chi connectivity index (χ1v) is 8.03. The molecule has 0 fully saturated rings. The van der Waals surface area contributed by atoms with Gasteiger partial charge in [-0.1, -0.05) is 12.1 Å². The predicted octanol–water partition coefficient (Wildman–Crippen LogP) is 6.16. The van der Waals surface area contributed by atoms with Gasteiger partial charge in [0.2, 0.25) is 0 Å². The van der Waals surface area contributed by atoms with E-state index in [-0.39, 0.29) is 12.1 Å². The molecule has 0 bridgehead atoms. The third-order valence-corrected chi connectivity index (χ3v) is 4.42. The number of alkyl halides is 3. The molecule has 4 nitrogen and oxygen atoms in total. The molecule has 138 valence electrons. The summed E-state index contributed by atoms with van der Waals surface area (Å²) in [4.78, 5) is 13.8. The molecule has 1 N–H and O–H groups in total. The lowest BCUT2D eigenvalue weighted by Gasteiger charge is -2.17. The van der Waals surface area contributed by atoms with E-state index in [9.17, 15) is 22.5 Å². The molecule has 0 saturated heterocycles. The molecular weight excluding hydrogens is 362 g/mol. The van der Waals surface area contributed by atoms with Gasteiger partial charge in [0, 0.05) is 30.0 Å². The zero-order chi connectivity index (χ0) is 19.6. The minimum Gasteiger partial charge on any atom is -0.359 e. The van der Waals surface area contributed by atoms with E-state index in [4.69, 9.17) is 5.26 Å². The standard InChI is InChI=1S/C19H13F4N3O/c20-13-8-15-16(10-25-18(15)17(9-13)26-27)14(2-1-7-24)11-3-5-12(6-4-11)19(21,22)23/h3-6,8-10,14,25H,1-2H2. The Hall–Kier alpha value is -3.21. The number of hydrogen-bond acceptors (Lipinski definition) is 3. The average Bonchev–Trinajstić information content (AvgIpc) is 3.04. The van der Waals surface area contributed by atoms with Crippen LogP contribution in [-0.2, 0) is 6.18 Å². The number of benzene rings is 2. The molecule has 1 heterocycles. The Kier molecular flexibility index (Phi) is 4.95. The molecule has 0 spiro atoms. The van der Waals surface area contributed by atoms with Crippen LogP contribution in [0.15, 0.2) is 47.8 Å². The summed E-state index contributed by atoms with van der Waals surface area (Å²) in [5.74, 6) is -1.09. The molecular formula is C19H13F4N3O. The van der Waals surface area contributed by atoms with E-state index >= 15 is 0 Å². The Balaban J connectivity index is 2.11. The van der Waals surface area contributed by atoms with Crippen LogP contribution in [0.4, 0.5) is 23.2 Å². The summed E-state index contributed by atoms with van der Waals surface area (Å²) in [6, 6.07) is 8.90. The molecule has 0 aliphatic heterocycles. The third kappa shape index (κ3) is 3.67. The largest absolute Gasteiger partial charge is 0.416 e. The summed E-state index contributed by atoms with van der Waals surface area (Å²) in [6.07, 6.45) is -2.39. The summed E-state index contributed by atoms with van der Waals surface area (Å²) in [5, 5.41) is 12.1. The summed E-state index contributed by atoms with van der Waals surface area (Å²) in [7, 11) is 0. The summed E-state index contributed by atoms with van der Waals surface area (Å²) < 4.78 is 52.3. The van der Waals surface area contributed by atoms with Crippen molar-refractivity contribution < 1.29 is 17.6 Å². The van der Waals surface area contributed by atoms with Gasteiger partial charge in [0.05, 0.1) is 17.1 Å². The molecule has 0 saturated carbocycles. The van der Waals surface area contributed by atoms with Gasteiger partial charge in [-0.05, 0) is 40.9 Å². The van der Waals surface area contributed by atoms with Crippen LogP contribution in [0.2, 0.25) is 0 Å². The highest BCUT2D eigenvalue weighted by Crippen LogP contribution is 2.38. The smallest absolute Gasteiger partial charge is 0.359 e. The Morgan fingerprint density at radius 2 is 1.89 bits per heavy atom. The second-order valence-corrected chi connectivity index (χ2v) is 6.05. The number of nitrogens with one attached hydrogen (secondary N) is 1. The number of nitroso groups, excluding NO2 is 1. The molecule has 1 atom stereocenters. The van der Waals surface area contributed by atoms with Gasteiger partial charge in [-0.2, -0.15) is 18.4 Å². The van der Waals surface area contributed by atoms with Crippen molar-refractivity contribution in [3.05, 3.63) is 70.0 Å².